The Hall–Kier alpha value is -2.66. The van der Waals surface area contributed by atoms with Crippen molar-refractivity contribution in [3.05, 3.63) is 66.9 Å². The van der Waals surface area contributed by atoms with Crippen molar-refractivity contribution in [1.29, 1.82) is 0 Å². The van der Waals surface area contributed by atoms with Crippen LogP contribution in [0.2, 0.25) is 0 Å². The van der Waals surface area contributed by atoms with Gasteiger partial charge in [0, 0.05) is 43.5 Å². The largest absolute Gasteiger partial charge is 0.369 e. The van der Waals surface area contributed by atoms with Crippen molar-refractivity contribution in [3.63, 3.8) is 0 Å². The van der Waals surface area contributed by atoms with E-state index >= 15 is 0 Å². The number of piperazine rings is 1. The molecule has 2 aliphatic rings. The lowest BCUT2D eigenvalue weighted by atomic mass is 10.1. The quantitative estimate of drug-likeness (QED) is 0.696. The fourth-order valence-electron chi connectivity index (χ4n) is 4.69. The Bertz CT molecular complexity index is 884. The predicted octanol–water partition coefficient (Wildman–Crippen LogP) is 3.86. The number of anilines is 1. The summed E-state index contributed by atoms with van der Waals surface area (Å²) >= 11 is 0. The Balaban J connectivity index is 1.19. The first-order valence-electron chi connectivity index (χ1n) is 10.4. The van der Waals surface area contributed by atoms with Crippen LogP contribution in [0.1, 0.15) is 25.3 Å². The van der Waals surface area contributed by atoms with Gasteiger partial charge in [0.05, 0.1) is 12.2 Å². The molecule has 1 aromatic heterocycles. The minimum atomic E-state index is 0.474. The summed E-state index contributed by atoms with van der Waals surface area (Å²) in [5.74, 6) is 0. The van der Waals surface area contributed by atoms with Gasteiger partial charge in [0.1, 0.15) is 5.69 Å². The summed E-state index contributed by atoms with van der Waals surface area (Å²) < 4.78 is 2.10. The van der Waals surface area contributed by atoms with Crippen molar-refractivity contribution < 1.29 is 0 Å². The molecule has 28 heavy (non-hydrogen) atoms. The zero-order valence-corrected chi connectivity index (χ0v) is 16.2. The highest BCUT2D eigenvalue weighted by atomic mass is 15.4. The number of para-hydroxylation sites is 1. The second-order valence-corrected chi connectivity index (χ2v) is 7.93. The van der Waals surface area contributed by atoms with Gasteiger partial charge >= 0.3 is 0 Å². The summed E-state index contributed by atoms with van der Waals surface area (Å²) in [5, 5.41) is 8.85. The van der Waals surface area contributed by atoms with Crippen molar-refractivity contribution in [3.8, 4) is 11.3 Å². The zero-order valence-electron chi connectivity index (χ0n) is 16.2. The molecule has 5 heteroatoms. The SMILES string of the molecule is c1ccc(-c2cn(C3CCC(N4CCN(c5ccccc5)CC4)C3)nn2)cc1. The maximum absolute atomic E-state index is 4.45. The third-order valence-corrected chi connectivity index (χ3v) is 6.28. The molecule has 2 heterocycles. The molecule has 0 radical (unpaired) electrons. The molecular formula is C23H27N5. The van der Waals surface area contributed by atoms with Crippen LogP contribution in [-0.2, 0) is 0 Å². The van der Waals surface area contributed by atoms with Crippen LogP contribution >= 0.6 is 0 Å². The van der Waals surface area contributed by atoms with Gasteiger partial charge in [0.2, 0.25) is 0 Å². The Kier molecular flexibility index (Phi) is 4.83. The maximum Gasteiger partial charge on any atom is 0.113 e. The Morgan fingerprint density at radius 2 is 1.43 bits per heavy atom. The van der Waals surface area contributed by atoms with E-state index in [2.05, 4.69) is 85.6 Å². The molecule has 0 amide bonds. The second-order valence-electron chi connectivity index (χ2n) is 7.93. The number of hydrogen-bond donors (Lipinski definition) is 0. The zero-order chi connectivity index (χ0) is 18.8. The molecule has 0 bridgehead atoms. The van der Waals surface area contributed by atoms with Crippen LogP contribution in [0.4, 0.5) is 5.69 Å². The highest BCUT2D eigenvalue weighted by Crippen LogP contribution is 2.34. The van der Waals surface area contributed by atoms with E-state index in [4.69, 9.17) is 0 Å². The van der Waals surface area contributed by atoms with Crippen molar-refractivity contribution in [2.75, 3.05) is 31.1 Å². The van der Waals surface area contributed by atoms with Gasteiger partial charge in [0.25, 0.3) is 0 Å². The second kappa shape index (κ2) is 7.76. The Morgan fingerprint density at radius 1 is 0.750 bits per heavy atom. The molecule has 5 rings (SSSR count). The predicted molar refractivity (Wildman–Crippen MR) is 112 cm³/mol. The fourth-order valence-corrected chi connectivity index (χ4v) is 4.69. The molecule has 144 valence electrons. The average Bonchev–Trinajstić information content (AvgIpc) is 3.45. The lowest BCUT2D eigenvalue weighted by molar-refractivity contribution is 0.183. The molecular weight excluding hydrogens is 346 g/mol. The first-order chi connectivity index (χ1) is 13.9. The third kappa shape index (κ3) is 3.54. The molecule has 2 atom stereocenters. The molecule has 1 saturated heterocycles. The van der Waals surface area contributed by atoms with Crippen LogP contribution in [0.3, 0.4) is 0 Å². The van der Waals surface area contributed by atoms with Crippen LogP contribution in [0.5, 0.6) is 0 Å². The van der Waals surface area contributed by atoms with Crippen LogP contribution in [0, 0.1) is 0 Å². The van der Waals surface area contributed by atoms with E-state index in [0.29, 0.717) is 12.1 Å². The van der Waals surface area contributed by atoms with E-state index in [9.17, 15) is 0 Å². The fraction of sp³-hybridized carbons (Fsp3) is 0.391. The number of nitrogens with zero attached hydrogens (tertiary/aromatic N) is 5. The molecule has 1 aliphatic carbocycles. The molecule has 1 saturated carbocycles. The molecule has 2 fully saturated rings. The van der Waals surface area contributed by atoms with Gasteiger partial charge in [-0.1, -0.05) is 53.7 Å². The van der Waals surface area contributed by atoms with Crippen molar-refractivity contribution in [2.45, 2.75) is 31.3 Å². The summed E-state index contributed by atoms with van der Waals surface area (Å²) in [6, 6.07) is 22.3. The molecule has 0 N–H and O–H groups in total. The summed E-state index contributed by atoms with van der Waals surface area (Å²) in [6.07, 6.45) is 5.76. The van der Waals surface area contributed by atoms with Crippen LogP contribution < -0.4 is 4.90 Å². The molecule has 2 aromatic carbocycles. The number of benzene rings is 2. The number of hydrogen-bond acceptors (Lipinski definition) is 4. The molecule has 0 spiro atoms. The minimum Gasteiger partial charge on any atom is -0.369 e. The van der Waals surface area contributed by atoms with E-state index in [1.165, 1.54) is 24.9 Å². The maximum atomic E-state index is 4.45. The summed E-state index contributed by atoms with van der Waals surface area (Å²) in [5.41, 5.74) is 3.46. The summed E-state index contributed by atoms with van der Waals surface area (Å²) in [6.45, 7) is 4.54. The van der Waals surface area contributed by atoms with E-state index in [0.717, 1.165) is 37.4 Å². The first-order valence-corrected chi connectivity index (χ1v) is 10.4. The third-order valence-electron chi connectivity index (χ3n) is 6.28. The first kappa shape index (κ1) is 17.4. The minimum absolute atomic E-state index is 0.474. The highest BCUT2D eigenvalue weighted by molar-refractivity contribution is 5.57. The van der Waals surface area contributed by atoms with Gasteiger partial charge in [0.15, 0.2) is 0 Å². The molecule has 3 aromatic rings. The van der Waals surface area contributed by atoms with Crippen molar-refractivity contribution >= 4 is 5.69 Å². The van der Waals surface area contributed by atoms with Gasteiger partial charge in [-0.3, -0.25) is 4.90 Å². The number of rotatable bonds is 4. The van der Waals surface area contributed by atoms with Crippen LogP contribution in [0.25, 0.3) is 11.3 Å². The monoisotopic (exact) mass is 373 g/mol. The summed E-state index contributed by atoms with van der Waals surface area (Å²) in [7, 11) is 0. The normalized spacial score (nSPS) is 23.2. The van der Waals surface area contributed by atoms with E-state index in [-0.39, 0.29) is 0 Å². The van der Waals surface area contributed by atoms with Gasteiger partial charge in [-0.25, -0.2) is 4.68 Å². The van der Waals surface area contributed by atoms with Gasteiger partial charge in [-0.05, 0) is 31.4 Å². The smallest absolute Gasteiger partial charge is 0.113 e. The topological polar surface area (TPSA) is 37.2 Å². The van der Waals surface area contributed by atoms with Gasteiger partial charge < -0.3 is 4.90 Å². The summed E-state index contributed by atoms with van der Waals surface area (Å²) in [4.78, 5) is 5.20. The van der Waals surface area contributed by atoms with Crippen LogP contribution in [-0.4, -0.2) is 52.1 Å². The van der Waals surface area contributed by atoms with Crippen molar-refractivity contribution in [1.82, 2.24) is 19.9 Å². The van der Waals surface area contributed by atoms with E-state index in [1.807, 2.05) is 6.07 Å². The number of aromatic nitrogens is 3. The molecule has 2 unspecified atom stereocenters. The lowest BCUT2D eigenvalue weighted by Gasteiger charge is -2.39. The van der Waals surface area contributed by atoms with Gasteiger partial charge in [-0.15, -0.1) is 5.10 Å². The van der Waals surface area contributed by atoms with Crippen molar-refractivity contribution in [2.24, 2.45) is 0 Å². The highest BCUT2D eigenvalue weighted by Gasteiger charge is 2.32. The standard InChI is InChI=1S/C23H27N5/c1-3-7-19(8-4-1)23-18-28(25-24-23)22-12-11-21(17-22)27-15-13-26(14-16-27)20-9-5-2-6-10-20/h1-10,18,21-22H,11-17H2. The van der Waals surface area contributed by atoms with E-state index in [1.54, 1.807) is 0 Å². The average molecular weight is 374 g/mol. The van der Waals surface area contributed by atoms with Crippen LogP contribution in [0.15, 0.2) is 66.9 Å². The lowest BCUT2D eigenvalue weighted by Crippen LogP contribution is -2.49. The van der Waals surface area contributed by atoms with Gasteiger partial charge in [-0.2, -0.15) is 0 Å². The molecule has 5 nitrogen and oxygen atoms in total. The Labute approximate surface area is 166 Å². The van der Waals surface area contributed by atoms with E-state index < -0.39 is 0 Å². The molecule has 1 aliphatic heterocycles. The Morgan fingerprint density at radius 3 is 2.18 bits per heavy atom.